The summed E-state index contributed by atoms with van der Waals surface area (Å²) in [6.07, 6.45) is 5.81. The molecule has 4 rings (SSSR count). The van der Waals surface area contributed by atoms with Crippen LogP contribution in [-0.2, 0) is 6.54 Å². The summed E-state index contributed by atoms with van der Waals surface area (Å²) in [5.74, 6) is 2.24. The van der Waals surface area contributed by atoms with E-state index in [0.29, 0.717) is 12.2 Å². The van der Waals surface area contributed by atoms with Gasteiger partial charge in [-0.2, -0.15) is 0 Å². The summed E-state index contributed by atoms with van der Waals surface area (Å²) in [4.78, 5) is 17.8. The summed E-state index contributed by atoms with van der Waals surface area (Å²) in [5.41, 5.74) is 4.71. The summed E-state index contributed by atoms with van der Waals surface area (Å²) in [5, 5.41) is 3.14. The fourth-order valence-electron chi connectivity index (χ4n) is 4.48. The van der Waals surface area contributed by atoms with Crippen molar-refractivity contribution in [2.24, 2.45) is 0 Å². The molecule has 3 aromatic carbocycles. The number of para-hydroxylation sites is 2. The number of amides is 1. The lowest BCUT2D eigenvalue weighted by molar-refractivity contribution is 0.0937. The highest BCUT2D eigenvalue weighted by atomic mass is 16.5. The molecule has 6 nitrogen and oxygen atoms in total. The molecule has 0 spiro atoms. The minimum Gasteiger partial charge on any atom is -0.493 e. The van der Waals surface area contributed by atoms with E-state index in [9.17, 15) is 4.79 Å². The smallest absolute Gasteiger partial charge is 0.252 e. The second kappa shape index (κ2) is 12.3. The maximum Gasteiger partial charge on any atom is 0.252 e. The number of hydrogen-bond acceptors (Lipinski definition) is 4. The molecule has 1 amide bonds. The van der Waals surface area contributed by atoms with E-state index in [1.54, 1.807) is 7.11 Å². The average molecular weight is 498 g/mol. The third kappa shape index (κ3) is 6.20. The molecular weight excluding hydrogens is 462 g/mol. The number of imidazole rings is 1. The van der Waals surface area contributed by atoms with Gasteiger partial charge in [0.05, 0.1) is 30.8 Å². The number of unbranched alkanes of at least 4 members (excludes halogenated alkanes) is 1. The molecule has 192 valence electrons. The first-order chi connectivity index (χ1) is 18.0. The summed E-state index contributed by atoms with van der Waals surface area (Å²) >= 11 is 0. The molecule has 0 saturated carbocycles. The molecular formula is C31H35N3O3. The van der Waals surface area contributed by atoms with E-state index in [0.717, 1.165) is 58.9 Å². The zero-order valence-electron chi connectivity index (χ0n) is 22.0. The van der Waals surface area contributed by atoms with Gasteiger partial charge >= 0.3 is 0 Å². The SMILES string of the molecule is C/C=C/c1ccc(OCCCCn2c(C(C)NC(=O)c3ccccc3C)nc3ccccc32)c(OC)c1. The highest BCUT2D eigenvalue weighted by Gasteiger charge is 2.19. The maximum atomic E-state index is 12.9. The number of nitrogens with one attached hydrogen (secondary N) is 1. The maximum absolute atomic E-state index is 12.9. The van der Waals surface area contributed by atoms with Crippen molar-refractivity contribution in [1.29, 1.82) is 0 Å². The number of carbonyl (C=O) groups is 1. The Bertz CT molecular complexity index is 1390. The first kappa shape index (κ1) is 26.0. The van der Waals surface area contributed by atoms with Crippen LogP contribution in [0.3, 0.4) is 0 Å². The van der Waals surface area contributed by atoms with Gasteiger partial charge < -0.3 is 19.4 Å². The van der Waals surface area contributed by atoms with Crippen molar-refractivity contribution in [3.8, 4) is 11.5 Å². The first-order valence-electron chi connectivity index (χ1n) is 12.8. The number of carbonyl (C=O) groups excluding carboxylic acids is 1. The van der Waals surface area contributed by atoms with Crippen LogP contribution in [0.1, 0.15) is 60.0 Å². The lowest BCUT2D eigenvalue weighted by atomic mass is 10.1. The van der Waals surface area contributed by atoms with Crippen LogP contribution in [-0.4, -0.2) is 29.2 Å². The van der Waals surface area contributed by atoms with Crippen molar-refractivity contribution in [1.82, 2.24) is 14.9 Å². The summed E-state index contributed by atoms with van der Waals surface area (Å²) in [6.45, 7) is 7.29. The Labute approximate surface area is 218 Å². The molecule has 6 heteroatoms. The summed E-state index contributed by atoms with van der Waals surface area (Å²) in [7, 11) is 1.66. The molecule has 0 bridgehead atoms. The van der Waals surface area contributed by atoms with Gasteiger partial charge in [-0.05, 0) is 75.1 Å². The molecule has 1 heterocycles. The highest BCUT2D eigenvalue weighted by Crippen LogP contribution is 2.29. The Morgan fingerprint density at radius 3 is 2.62 bits per heavy atom. The number of aromatic nitrogens is 2. The van der Waals surface area contributed by atoms with Crippen molar-refractivity contribution in [3.63, 3.8) is 0 Å². The Morgan fingerprint density at radius 1 is 1.05 bits per heavy atom. The molecule has 0 aliphatic heterocycles. The molecule has 37 heavy (non-hydrogen) atoms. The minimum atomic E-state index is -0.240. The molecule has 1 aromatic heterocycles. The molecule has 4 aromatic rings. The van der Waals surface area contributed by atoms with Gasteiger partial charge in [0.2, 0.25) is 0 Å². The van der Waals surface area contributed by atoms with Gasteiger partial charge in [-0.15, -0.1) is 0 Å². The summed E-state index contributed by atoms with van der Waals surface area (Å²) in [6, 6.07) is 21.4. The van der Waals surface area contributed by atoms with E-state index in [4.69, 9.17) is 14.5 Å². The van der Waals surface area contributed by atoms with Crippen LogP contribution in [0.4, 0.5) is 0 Å². The van der Waals surface area contributed by atoms with E-state index < -0.39 is 0 Å². The van der Waals surface area contributed by atoms with Crippen molar-refractivity contribution in [2.75, 3.05) is 13.7 Å². The van der Waals surface area contributed by atoms with Gasteiger partial charge in [0, 0.05) is 12.1 Å². The second-order valence-electron chi connectivity index (χ2n) is 9.09. The van der Waals surface area contributed by atoms with Crippen LogP contribution in [0.15, 0.2) is 72.8 Å². The van der Waals surface area contributed by atoms with Gasteiger partial charge in [0.15, 0.2) is 11.5 Å². The number of allylic oxidation sites excluding steroid dienone is 1. The predicted octanol–water partition coefficient (Wildman–Crippen LogP) is 6.74. The van der Waals surface area contributed by atoms with Crippen molar-refractivity contribution in [3.05, 3.63) is 95.3 Å². The fourth-order valence-corrected chi connectivity index (χ4v) is 4.48. The number of hydrogen-bond donors (Lipinski definition) is 1. The Kier molecular flexibility index (Phi) is 8.62. The number of methoxy groups -OCH3 is 1. The van der Waals surface area contributed by atoms with Crippen LogP contribution in [0.25, 0.3) is 17.1 Å². The molecule has 1 N–H and O–H groups in total. The third-order valence-electron chi connectivity index (χ3n) is 6.39. The molecule has 0 fully saturated rings. The second-order valence-corrected chi connectivity index (χ2v) is 9.09. The summed E-state index contributed by atoms with van der Waals surface area (Å²) < 4.78 is 13.7. The zero-order valence-corrected chi connectivity index (χ0v) is 22.0. The third-order valence-corrected chi connectivity index (χ3v) is 6.39. The van der Waals surface area contributed by atoms with Crippen LogP contribution >= 0.6 is 0 Å². The number of fused-ring (bicyclic) bond motifs is 1. The molecule has 1 unspecified atom stereocenters. The Morgan fingerprint density at radius 2 is 1.84 bits per heavy atom. The molecule has 0 radical (unpaired) electrons. The van der Waals surface area contributed by atoms with Crippen LogP contribution < -0.4 is 14.8 Å². The highest BCUT2D eigenvalue weighted by molar-refractivity contribution is 5.95. The van der Waals surface area contributed by atoms with Crippen LogP contribution in [0, 0.1) is 6.92 Å². The van der Waals surface area contributed by atoms with Crippen molar-refractivity contribution >= 4 is 23.0 Å². The topological polar surface area (TPSA) is 65.4 Å². The quantitative estimate of drug-likeness (QED) is 0.233. The number of nitrogens with zero attached hydrogens (tertiary/aromatic N) is 2. The monoisotopic (exact) mass is 497 g/mol. The van der Waals surface area contributed by atoms with Gasteiger partial charge in [0.1, 0.15) is 5.82 Å². The standard InChI is InChI=1S/C31H35N3O3/c1-5-12-24-17-18-28(29(21-24)36-4)37-20-11-10-19-34-27-16-9-8-15-26(27)33-30(34)23(3)32-31(35)25-14-7-6-13-22(25)2/h5-9,12-18,21,23H,10-11,19-20H2,1-4H3,(H,32,35)/b12-5+. The number of aryl methyl sites for hydroxylation is 2. The predicted molar refractivity (Wildman–Crippen MR) is 149 cm³/mol. The fraction of sp³-hybridized carbons (Fsp3) is 0.290. The van der Waals surface area contributed by atoms with Gasteiger partial charge in [-0.25, -0.2) is 4.98 Å². The van der Waals surface area contributed by atoms with Crippen molar-refractivity contribution < 1.29 is 14.3 Å². The van der Waals surface area contributed by atoms with Gasteiger partial charge in [-0.1, -0.05) is 48.6 Å². The number of benzene rings is 3. The minimum absolute atomic E-state index is 0.0907. The molecule has 0 aliphatic rings. The lowest BCUT2D eigenvalue weighted by Gasteiger charge is -2.17. The molecule has 1 atom stereocenters. The van der Waals surface area contributed by atoms with E-state index >= 15 is 0 Å². The van der Waals surface area contributed by atoms with Crippen LogP contribution in [0.2, 0.25) is 0 Å². The first-order valence-corrected chi connectivity index (χ1v) is 12.8. The van der Waals surface area contributed by atoms with E-state index in [1.807, 2.05) is 93.6 Å². The van der Waals surface area contributed by atoms with Crippen LogP contribution in [0.5, 0.6) is 11.5 Å². The zero-order chi connectivity index (χ0) is 26.2. The van der Waals surface area contributed by atoms with Gasteiger partial charge in [-0.3, -0.25) is 4.79 Å². The Hall–Kier alpha value is -4.06. The number of rotatable bonds is 11. The number of ether oxygens (including phenoxy) is 2. The van der Waals surface area contributed by atoms with Crippen molar-refractivity contribution in [2.45, 2.75) is 46.2 Å². The Balaban J connectivity index is 1.41. The van der Waals surface area contributed by atoms with Gasteiger partial charge in [0.25, 0.3) is 5.91 Å². The lowest BCUT2D eigenvalue weighted by Crippen LogP contribution is -2.29. The molecule has 0 aliphatic carbocycles. The molecule has 0 saturated heterocycles. The largest absolute Gasteiger partial charge is 0.493 e. The van der Waals surface area contributed by atoms with E-state index in [2.05, 4.69) is 16.0 Å². The average Bonchev–Trinajstić information content (AvgIpc) is 3.28. The van der Waals surface area contributed by atoms with E-state index in [1.165, 1.54) is 0 Å². The van der Waals surface area contributed by atoms with E-state index in [-0.39, 0.29) is 11.9 Å². The normalized spacial score (nSPS) is 12.1.